The Hall–Kier alpha value is -4.04. The zero-order valence-electron chi connectivity index (χ0n) is 25.6. The number of piperazine rings is 1. The van der Waals surface area contributed by atoms with Gasteiger partial charge in [-0.3, -0.25) is 9.58 Å². The molecule has 2 bridgehead atoms. The molecule has 4 fully saturated rings. The maximum Gasteiger partial charge on any atom is 0.319 e. The van der Waals surface area contributed by atoms with Gasteiger partial charge in [0.2, 0.25) is 0 Å². The summed E-state index contributed by atoms with van der Waals surface area (Å²) in [5.74, 6) is -2.91. The molecule has 4 saturated heterocycles. The van der Waals surface area contributed by atoms with Crippen LogP contribution in [0.1, 0.15) is 38.5 Å². The quantitative estimate of drug-likeness (QED) is 0.291. The van der Waals surface area contributed by atoms with Crippen molar-refractivity contribution in [2.24, 2.45) is 7.05 Å². The fourth-order valence-corrected chi connectivity index (χ4v) is 8.72. The molecular weight excluding hydrogens is 621 g/mol. The van der Waals surface area contributed by atoms with Gasteiger partial charge in [-0.25, -0.2) is 13.2 Å². The molecule has 0 aliphatic carbocycles. The lowest BCUT2D eigenvalue weighted by Crippen LogP contribution is -2.65. The molecule has 5 aliphatic rings. The first kappa shape index (κ1) is 29.1. The lowest BCUT2D eigenvalue weighted by atomic mass is 9.88. The van der Waals surface area contributed by atoms with Crippen molar-refractivity contribution in [1.29, 1.82) is 0 Å². The number of nitrogens with one attached hydrogen (secondary N) is 1. The van der Waals surface area contributed by atoms with E-state index < -0.39 is 34.6 Å². The van der Waals surface area contributed by atoms with Crippen LogP contribution in [-0.4, -0.2) is 81.2 Å². The summed E-state index contributed by atoms with van der Waals surface area (Å²) in [5, 5.41) is 8.40. The van der Waals surface area contributed by atoms with Gasteiger partial charge in [-0.15, -0.1) is 0 Å². The number of benzene rings is 2. The van der Waals surface area contributed by atoms with E-state index in [2.05, 4.69) is 15.4 Å². The van der Waals surface area contributed by atoms with Crippen molar-refractivity contribution in [2.45, 2.75) is 62.2 Å². The average molecular weight is 654 g/mol. The fourth-order valence-electron chi connectivity index (χ4n) is 8.72. The highest BCUT2D eigenvalue weighted by molar-refractivity contribution is 6.03. The summed E-state index contributed by atoms with van der Waals surface area (Å²) in [6.45, 7) is 1.48. The molecule has 0 unspecified atom stereocenters. The largest absolute Gasteiger partial charge is 0.487 e. The van der Waals surface area contributed by atoms with Crippen molar-refractivity contribution in [3.63, 3.8) is 0 Å². The third kappa shape index (κ3) is 4.29. The summed E-state index contributed by atoms with van der Waals surface area (Å²) in [5.41, 5.74) is -1.51. The topological polar surface area (TPSA) is 80.6 Å². The molecule has 1 N–H and O–H groups in total. The highest BCUT2D eigenvalue weighted by atomic mass is 19.3. The maximum atomic E-state index is 17.0. The smallest absolute Gasteiger partial charge is 0.319 e. The Morgan fingerprint density at radius 1 is 1.11 bits per heavy atom. The average Bonchev–Trinajstić information content (AvgIpc) is 3.71. The van der Waals surface area contributed by atoms with Crippen LogP contribution in [0.5, 0.6) is 11.8 Å². The van der Waals surface area contributed by atoms with E-state index in [-0.39, 0.29) is 89.4 Å². The van der Waals surface area contributed by atoms with Gasteiger partial charge in [0, 0.05) is 48.7 Å². The Labute approximate surface area is 266 Å². The van der Waals surface area contributed by atoms with Gasteiger partial charge in [0.1, 0.15) is 30.4 Å². The second-order valence-electron chi connectivity index (χ2n) is 13.5. The van der Waals surface area contributed by atoms with Crippen molar-refractivity contribution in [3.05, 3.63) is 47.4 Å². The third-order valence-electron chi connectivity index (χ3n) is 10.9. The molecular formula is C33H32F5N7O2. The molecule has 0 saturated carbocycles. The van der Waals surface area contributed by atoms with Gasteiger partial charge in [-0.1, -0.05) is 6.42 Å². The molecule has 47 heavy (non-hydrogen) atoms. The Balaban J connectivity index is 1.24. The number of piperidine rings is 1. The van der Waals surface area contributed by atoms with E-state index >= 15 is 13.2 Å². The predicted molar refractivity (Wildman–Crippen MR) is 163 cm³/mol. The third-order valence-corrected chi connectivity index (χ3v) is 10.9. The summed E-state index contributed by atoms with van der Waals surface area (Å²) >= 11 is 0. The van der Waals surface area contributed by atoms with Gasteiger partial charge in [-0.2, -0.15) is 23.8 Å². The molecule has 7 heterocycles. The molecule has 2 aromatic carbocycles. The normalized spacial score (nSPS) is 26.8. The van der Waals surface area contributed by atoms with Crippen LogP contribution in [0.25, 0.3) is 32.9 Å². The van der Waals surface area contributed by atoms with Crippen LogP contribution in [0.2, 0.25) is 0 Å². The molecule has 14 heteroatoms. The lowest BCUT2D eigenvalue weighted by Gasteiger charge is -2.48. The Bertz CT molecular complexity index is 2000. The van der Waals surface area contributed by atoms with E-state index in [9.17, 15) is 8.78 Å². The van der Waals surface area contributed by atoms with Crippen molar-refractivity contribution in [3.8, 4) is 22.9 Å². The summed E-state index contributed by atoms with van der Waals surface area (Å²) < 4.78 is 90.5. The van der Waals surface area contributed by atoms with Crippen LogP contribution in [-0.2, 0) is 7.05 Å². The SMILES string of the molecule is Cn1ncc2ccc(F)c(-c3c(F)c4c5c(nc(OC[C@@]67CCCN6CC(=C(F)F)C7)nc5c3F)N3C[C@H]5CCC[C@H](N5)[C@H]3CO4)c21. The van der Waals surface area contributed by atoms with E-state index in [1.165, 1.54) is 16.9 Å². The van der Waals surface area contributed by atoms with Crippen molar-refractivity contribution >= 4 is 27.6 Å². The highest BCUT2D eigenvalue weighted by Crippen LogP contribution is 2.48. The molecule has 9 rings (SSSR count). The van der Waals surface area contributed by atoms with Crippen LogP contribution in [0.15, 0.2) is 30.0 Å². The summed E-state index contributed by atoms with van der Waals surface area (Å²) in [6, 6.07) is 2.44. The number of halogens is 5. The van der Waals surface area contributed by atoms with Gasteiger partial charge in [0.05, 0.1) is 34.2 Å². The second kappa shape index (κ2) is 10.5. The van der Waals surface area contributed by atoms with Crippen molar-refractivity contribution in [1.82, 2.24) is 30.0 Å². The standard InChI is InChI=1S/C33H32F5N7O2/c1-43-28-16(11-39-43)6-7-19(34)22(28)23-25(35)27-24-29(26(23)36)46-14-21-20-5-2-4-18(40-20)13-45(21)31(24)42-32(41-27)47-15-33-8-3-9-44(33)12-17(10-33)30(37)38/h6-7,11,18,20-21,40H,2-5,8-10,12-15H2,1H3/t18-,20+,21-,33+/m1/s1. The van der Waals surface area contributed by atoms with Crippen LogP contribution < -0.4 is 19.7 Å². The molecule has 246 valence electrons. The van der Waals surface area contributed by atoms with Crippen LogP contribution >= 0.6 is 0 Å². The first-order valence-corrected chi connectivity index (χ1v) is 16.1. The number of hydrogen-bond acceptors (Lipinski definition) is 8. The Morgan fingerprint density at radius 2 is 1.98 bits per heavy atom. The maximum absolute atomic E-state index is 17.0. The zero-order valence-corrected chi connectivity index (χ0v) is 25.6. The van der Waals surface area contributed by atoms with Gasteiger partial charge in [0.15, 0.2) is 17.4 Å². The molecule has 4 aromatic rings. The summed E-state index contributed by atoms with van der Waals surface area (Å²) in [6.07, 6.45) is 4.34. The van der Waals surface area contributed by atoms with Crippen LogP contribution in [0.4, 0.5) is 27.8 Å². The molecule has 0 amide bonds. The number of ether oxygens (including phenoxy) is 2. The first-order valence-electron chi connectivity index (χ1n) is 16.1. The van der Waals surface area contributed by atoms with Crippen molar-refractivity contribution < 1.29 is 31.4 Å². The highest BCUT2D eigenvalue weighted by Gasteiger charge is 2.49. The van der Waals surface area contributed by atoms with E-state index in [4.69, 9.17) is 14.5 Å². The number of rotatable bonds is 4. The van der Waals surface area contributed by atoms with Crippen molar-refractivity contribution in [2.75, 3.05) is 37.7 Å². The predicted octanol–water partition coefficient (Wildman–Crippen LogP) is 5.46. The summed E-state index contributed by atoms with van der Waals surface area (Å²) in [4.78, 5) is 13.3. The number of hydrogen-bond donors (Lipinski definition) is 1. The van der Waals surface area contributed by atoms with Gasteiger partial charge in [-0.05, 0) is 50.8 Å². The van der Waals surface area contributed by atoms with E-state index in [0.717, 1.165) is 31.7 Å². The minimum absolute atomic E-state index is 0.0208. The zero-order chi connectivity index (χ0) is 32.2. The van der Waals surface area contributed by atoms with Gasteiger partial charge in [0.25, 0.3) is 6.08 Å². The first-order chi connectivity index (χ1) is 22.7. The number of fused-ring (bicyclic) bond motifs is 7. The van der Waals surface area contributed by atoms with Crippen LogP contribution in [0, 0.1) is 17.5 Å². The molecule has 2 aromatic heterocycles. The minimum Gasteiger partial charge on any atom is -0.487 e. The number of aryl methyl sites for hydroxylation is 1. The van der Waals surface area contributed by atoms with E-state index in [0.29, 0.717) is 24.9 Å². The summed E-state index contributed by atoms with van der Waals surface area (Å²) in [7, 11) is 1.58. The molecule has 9 nitrogen and oxygen atoms in total. The number of nitrogens with zero attached hydrogens (tertiary/aromatic N) is 6. The molecule has 0 spiro atoms. The Kier molecular flexibility index (Phi) is 6.49. The second-order valence-corrected chi connectivity index (χ2v) is 13.5. The van der Waals surface area contributed by atoms with Crippen LogP contribution in [0.3, 0.4) is 0 Å². The van der Waals surface area contributed by atoms with E-state index in [1.54, 1.807) is 7.05 Å². The minimum atomic E-state index is -1.67. The Morgan fingerprint density at radius 3 is 2.83 bits per heavy atom. The monoisotopic (exact) mass is 653 g/mol. The van der Waals surface area contributed by atoms with E-state index in [1.807, 2.05) is 9.80 Å². The number of anilines is 1. The lowest BCUT2D eigenvalue weighted by molar-refractivity contribution is 0.108. The van der Waals surface area contributed by atoms with Gasteiger partial charge >= 0.3 is 6.01 Å². The number of aromatic nitrogens is 4. The van der Waals surface area contributed by atoms with Gasteiger partial charge < -0.3 is 19.7 Å². The molecule has 0 radical (unpaired) electrons. The molecule has 4 atom stereocenters. The fraction of sp³-hybridized carbons (Fsp3) is 0.485. The molecule has 5 aliphatic heterocycles.